The van der Waals surface area contributed by atoms with Crippen molar-refractivity contribution in [3.63, 3.8) is 0 Å². The average Bonchev–Trinajstić information content (AvgIpc) is 2.08. The molecule has 3 heterocycles. The summed E-state index contributed by atoms with van der Waals surface area (Å²) in [5.74, 6) is -1.05. The Morgan fingerprint density at radius 3 is 2.00 bits per heavy atom. The standard InChI is InChI=1S/C6H7NO3/c7-4-6-8-1-5(2-9-6)3-10-6/h5H,1-3H2. The van der Waals surface area contributed by atoms with E-state index in [1.807, 2.05) is 6.07 Å². The van der Waals surface area contributed by atoms with Crippen LogP contribution in [0.5, 0.6) is 0 Å². The SMILES string of the molecule is N#CC12OCC(CO1)CO2. The summed E-state index contributed by atoms with van der Waals surface area (Å²) >= 11 is 0. The molecule has 3 saturated heterocycles. The molecule has 0 amide bonds. The summed E-state index contributed by atoms with van der Waals surface area (Å²) in [6.07, 6.45) is 0. The molecule has 2 bridgehead atoms. The topological polar surface area (TPSA) is 51.5 Å². The molecule has 0 aromatic heterocycles. The van der Waals surface area contributed by atoms with E-state index in [0.29, 0.717) is 25.7 Å². The molecule has 0 radical (unpaired) electrons. The van der Waals surface area contributed by atoms with Crippen LogP contribution in [-0.4, -0.2) is 25.8 Å². The van der Waals surface area contributed by atoms with Gasteiger partial charge >= 0.3 is 5.97 Å². The Hall–Kier alpha value is -0.630. The number of hydrogen-bond acceptors (Lipinski definition) is 4. The summed E-state index contributed by atoms with van der Waals surface area (Å²) < 4.78 is 15.0. The zero-order valence-electron chi connectivity index (χ0n) is 5.37. The number of nitrogens with zero attached hydrogens (tertiary/aromatic N) is 1. The quantitative estimate of drug-likeness (QED) is 0.471. The molecule has 4 nitrogen and oxygen atoms in total. The molecule has 3 aliphatic heterocycles. The summed E-state index contributed by atoms with van der Waals surface area (Å²) in [7, 11) is 0. The maximum absolute atomic E-state index is 8.54. The molecule has 0 aliphatic carbocycles. The van der Waals surface area contributed by atoms with E-state index in [0.717, 1.165) is 0 Å². The van der Waals surface area contributed by atoms with Gasteiger partial charge in [-0.1, -0.05) is 0 Å². The zero-order chi connectivity index (χ0) is 7.03. The van der Waals surface area contributed by atoms with Crippen molar-refractivity contribution in [3.05, 3.63) is 0 Å². The fourth-order valence-corrected chi connectivity index (χ4v) is 1.05. The summed E-state index contributed by atoms with van der Waals surface area (Å²) in [5.41, 5.74) is 0. The minimum atomic E-state index is -1.37. The first-order chi connectivity index (χ1) is 4.85. The van der Waals surface area contributed by atoms with Gasteiger partial charge in [-0.15, -0.1) is 0 Å². The lowest BCUT2D eigenvalue weighted by Crippen LogP contribution is -2.52. The Kier molecular flexibility index (Phi) is 1.17. The number of hydrogen-bond donors (Lipinski definition) is 0. The Bertz CT molecular complexity index is 164. The van der Waals surface area contributed by atoms with Crippen LogP contribution in [0.3, 0.4) is 0 Å². The summed E-state index contributed by atoms with van der Waals surface area (Å²) in [4.78, 5) is 0. The molecular formula is C6H7NO3. The molecule has 0 aromatic rings. The van der Waals surface area contributed by atoms with E-state index >= 15 is 0 Å². The van der Waals surface area contributed by atoms with Crippen LogP contribution in [0.2, 0.25) is 0 Å². The molecule has 54 valence electrons. The van der Waals surface area contributed by atoms with Gasteiger partial charge in [0.25, 0.3) is 0 Å². The van der Waals surface area contributed by atoms with Crippen LogP contribution in [0.15, 0.2) is 0 Å². The van der Waals surface area contributed by atoms with E-state index in [4.69, 9.17) is 19.5 Å². The van der Waals surface area contributed by atoms with Crippen molar-refractivity contribution in [1.82, 2.24) is 0 Å². The van der Waals surface area contributed by atoms with E-state index in [1.165, 1.54) is 0 Å². The molecule has 3 fully saturated rings. The molecule has 0 atom stereocenters. The third-order valence-electron chi connectivity index (χ3n) is 1.66. The summed E-state index contributed by atoms with van der Waals surface area (Å²) in [5, 5.41) is 8.54. The molecule has 0 spiro atoms. The highest BCUT2D eigenvalue weighted by molar-refractivity contribution is 4.91. The highest BCUT2D eigenvalue weighted by Crippen LogP contribution is 2.28. The van der Waals surface area contributed by atoms with E-state index < -0.39 is 5.97 Å². The van der Waals surface area contributed by atoms with Gasteiger partial charge in [0.15, 0.2) is 6.07 Å². The third kappa shape index (κ3) is 0.721. The Balaban J connectivity index is 2.17. The first-order valence-electron chi connectivity index (χ1n) is 3.18. The van der Waals surface area contributed by atoms with Gasteiger partial charge in [-0.05, 0) is 0 Å². The van der Waals surface area contributed by atoms with Crippen molar-refractivity contribution >= 4 is 0 Å². The fraction of sp³-hybridized carbons (Fsp3) is 0.833. The maximum atomic E-state index is 8.54. The molecule has 10 heavy (non-hydrogen) atoms. The first kappa shape index (κ1) is 6.10. The number of nitriles is 1. The van der Waals surface area contributed by atoms with Crippen molar-refractivity contribution in [3.8, 4) is 6.07 Å². The minimum Gasteiger partial charge on any atom is -0.315 e. The third-order valence-corrected chi connectivity index (χ3v) is 1.66. The largest absolute Gasteiger partial charge is 0.378 e. The smallest absolute Gasteiger partial charge is 0.315 e. The van der Waals surface area contributed by atoms with Crippen molar-refractivity contribution in [2.24, 2.45) is 5.92 Å². The minimum absolute atomic E-state index is 0.315. The van der Waals surface area contributed by atoms with E-state index in [1.54, 1.807) is 0 Å². The molecule has 0 saturated carbocycles. The van der Waals surface area contributed by atoms with Gasteiger partial charge in [0.1, 0.15) is 0 Å². The molecule has 0 N–H and O–H groups in total. The fourth-order valence-electron chi connectivity index (χ4n) is 1.05. The van der Waals surface area contributed by atoms with Crippen molar-refractivity contribution in [2.45, 2.75) is 5.97 Å². The van der Waals surface area contributed by atoms with Crippen molar-refractivity contribution in [1.29, 1.82) is 5.26 Å². The second kappa shape index (κ2) is 1.92. The lowest BCUT2D eigenvalue weighted by Gasteiger charge is -2.40. The first-order valence-corrected chi connectivity index (χ1v) is 3.18. The monoisotopic (exact) mass is 141 g/mol. The number of rotatable bonds is 0. The van der Waals surface area contributed by atoms with Gasteiger partial charge in [0.05, 0.1) is 19.8 Å². The highest BCUT2D eigenvalue weighted by atomic mass is 16.9. The highest BCUT2D eigenvalue weighted by Gasteiger charge is 2.45. The predicted molar refractivity (Wildman–Crippen MR) is 29.7 cm³/mol. The van der Waals surface area contributed by atoms with Crippen LogP contribution in [0, 0.1) is 17.2 Å². The molecule has 0 aromatic carbocycles. The van der Waals surface area contributed by atoms with E-state index in [9.17, 15) is 0 Å². The number of fused-ring (bicyclic) bond motifs is 3. The van der Waals surface area contributed by atoms with Gasteiger partial charge in [-0.25, -0.2) is 0 Å². The lowest BCUT2D eigenvalue weighted by atomic mass is 10.1. The second-order valence-electron chi connectivity index (χ2n) is 2.47. The molecule has 4 heteroatoms. The predicted octanol–water partition coefficient (Wildman–Crippen LogP) is -0.143. The van der Waals surface area contributed by atoms with Gasteiger partial charge in [-0.2, -0.15) is 5.26 Å². The van der Waals surface area contributed by atoms with Crippen molar-refractivity contribution in [2.75, 3.05) is 19.8 Å². The van der Waals surface area contributed by atoms with Crippen LogP contribution in [0.4, 0.5) is 0 Å². The van der Waals surface area contributed by atoms with E-state index in [-0.39, 0.29) is 0 Å². The lowest BCUT2D eigenvalue weighted by molar-refractivity contribution is -0.417. The molecular weight excluding hydrogens is 134 g/mol. The summed E-state index contributed by atoms with van der Waals surface area (Å²) in [6, 6.07) is 1.84. The normalized spacial score (nSPS) is 44.9. The Morgan fingerprint density at radius 2 is 1.70 bits per heavy atom. The Morgan fingerprint density at radius 1 is 1.20 bits per heavy atom. The summed E-state index contributed by atoms with van der Waals surface area (Å²) in [6.45, 7) is 1.73. The zero-order valence-corrected chi connectivity index (χ0v) is 5.37. The maximum Gasteiger partial charge on any atom is 0.378 e. The van der Waals surface area contributed by atoms with Crippen LogP contribution in [-0.2, 0) is 14.2 Å². The van der Waals surface area contributed by atoms with Gasteiger partial charge in [-0.3, -0.25) is 0 Å². The van der Waals surface area contributed by atoms with Gasteiger partial charge in [0.2, 0.25) is 0 Å². The molecule has 0 unspecified atom stereocenters. The van der Waals surface area contributed by atoms with Gasteiger partial charge in [0, 0.05) is 5.92 Å². The molecule has 3 aliphatic rings. The van der Waals surface area contributed by atoms with Crippen molar-refractivity contribution < 1.29 is 14.2 Å². The van der Waals surface area contributed by atoms with Crippen LogP contribution in [0.1, 0.15) is 0 Å². The second-order valence-corrected chi connectivity index (χ2v) is 2.47. The average molecular weight is 141 g/mol. The van der Waals surface area contributed by atoms with Crippen LogP contribution in [0.25, 0.3) is 0 Å². The van der Waals surface area contributed by atoms with Crippen LogP contribution >= 0.6 is 0 Å². The Labute approximate surface area is 58.3 Å². The number of ether oxygens (including phenoxy) is 3. The van der Waals surface area contributed by atoms with Crippen LogP contribution < -0.4 is 0 Å². The van der Waals surface area contributed by atoms with E-state index in [2.05, 4.69) is 0 Å². The van der Waals surface area contributed by atoms with Gasteiger partial charge < -0.3 is 14.2 Å². The molecule has 3 rings (SSSR count).